The first-order chi connectivity index (χ1) is 9.35. The van der Waals surface area contributed by atoms with Crippen LogP contribution in [-0.2, 0) is 13.0 Å². The number of halogens is 1. The minimum Gasteiger partial charge on any atom is -0.388 e. The van der Waals surface area contributed by atoms with Crippen LogP contribution in [0.3, 0.4) is 0 Å². The Morgan fingerprint density at radius 3 is 2.85 bits per heavy atom. The molecule has 0 bridgehead atoms. The molecule has 20 heavy (non-hydrogen) atoms. The van der Waals surface area contributed by atoms with Crippen LogP contribution in [0.4, 0.5) is 0 Å². The Labute approximate surface area is 132 Å². The van der Waals surface area contributed by atoms with Gasteiger partial charge in [0, 0.05) is 31.7 Å². The van der Waals surface area contributed by atoms with Gasteiger partial charge in [-0.2, -0.15) is 0 Å². The maximum absolute atomic E-state index is 10.4. The summed E-state index contributed by atoms with van der Waals surface area (Å²) in [7, 11) is 0. The first-order valence-corrected chi connectivity index (χ1v) is 8.63. The van der Waals surface area contributed by atoms with E-state index in [-0.39, 0.29) is 11.5 Å². The van der Waals surface area contributed by atoms with Crippen molar-refractivity contribution in [1.82, 2.24) is 4.57 Å². The molecule has 2 nitrogen and oxygen atoms in total. The zero-order valence-electron chi connectivity index (χ0n) is 12.1. The van der Waals surface area contributed by atoms with Crippen molar-refractivity contribution in [3.8, 4) is 0 Å². The number of thiophene rings is 1. The molecule has 0 aromatic carbocycles. The van der Waals surface area contributed by atoms with Crippen molar-refractivity contribution in [2.45, 2.75) is 46.3 Å². The van der Waals surface area contributed by atoms with Gasteiger partial charge in [-0.3, -0.25) is 0 Å². The highest BCUT2D eigenvalue weighted by Crippen LogP contribution is 2.42. The summed E-state index contributed by atoms with van der Waals surface area (Å²) in [5.74, 6) is 0. The van der Waals surface area contributed by atoms with Crippen molar-refractivity contribution in [1.29, 1.82) is 0 Å². The molecule has 1 N–H and O–H groups in total. The smallest absolute Gasteiger partial charge is 0.0812 e. The Balaban J connectivity index is 2.00. The van der Waals surface area contributed by atoms with Crippen LogP contribution >= 0.6 is 27.3 Å². The first-order valence-electron chi connectivity index (χ1n) is 6.95. The molecular weight excluding hydrogens is 334 g/mol. The molecule has 1 aliphatic rings. The number of hydrogen-bond donors (Lipinski definition) is 1. The van der Waals surface area contributed by atoms with E-state index in [1.165, 1.54) is 16.3 Å². The average molecular weight is 354 g/mol. The van der Waals surface area contributed by atoms with Crippen molar-refractivity contribution in [3.63, 3.8) is 0 Å². The summed E-state index contributed by atoms with van der Waals surface area (Å²) in [4.78, 5) is 1.34. The monoisotopic (exact) mass is 353 g/mol. The molecule has 1 unspecified atom stereocenters. The quantitative estimate of drug-likeness (QED) is 0.833. The van der Waals surface area contributed by atoms with Gasteiger partial charge in [0.05, 0.1) is 12.6 Å². The van der Waals surface area contributed by atoms with Gasteiger partial charge in [-0.15, -0.1) is 11.3 Å². The summed E-state index contributed by atoms with van der Waals surface area (Å²) in [5.41, 5.74) is 3.87. The fourth-order valence-corrected chi connectivity index (χ4v) is 4.65. The normalized spacial score (nSPS) is 20.9. The van der Waals surface area contributed by atoms with Crippen LogP contribution in [0.1, 0.15) is 48.2 Å². The fraction of sp³-hybridized carbons (Fsp3) is 0.500. The Bertz CT molecular complexity index is 641. The molecule has 0 spiro atoms. The number of aryl methyl sites for hydroxylation is 1. The van der Waals surface area contributed by atoms with E-state index in [9.17, 15) is 5.11 Å². The molecule has 0 radical (unpaired) electrons. The van der Waals surface area contributed by atoms with Gasteiger partial charge in [0.2, 0.25) is 0 Å². The van der Waals surface area contributed by atoms with Crippen molar-refractivity contribution < 1.29 is 5.11 Å². The number of nitrogens with zero attached hydrogens (tertiary/aromatic N) is 1. The predicted molar refractivity (Wildman–Crippen MR) is 87.4 cm³/mol. The highest BCUT2D eigenvalue weighted by Gasteiger charge is 2.34. The van der Waals surface area contributed by atoms with E-state index >= 15 is 0 Å². The van der Waals surface area contributed by atoms with Crippen LogP contribution in [0.2, 0.25) is 0 Å². The molecule has 0 aliphatic heterocycles. The minimum absolute atomic E-state index is 0.172. The van der Waals surface area contributed by atoms with Crippen molar-refractivity contribution >= 4 is 27.3 Å². The van der Waals surface area contributed by atoms with Crippen LogP contribution in [-0.4, -0.2) is 9.67 Å². The summed E-state index contributed by atoms with van der Waals surface area (Å²) >= 11 is 5.30. The molecule has 108 valence electrons. The third kappa shape index (κ3) is 2.61. The molecule has 4 heteroatoms. The number of fused-ring (bicyclic) bond motifs is 1. The van der Waals surface area contributed by atoms with Crippen LogP contribution < -0.4 is 0 Å². The van der Waals surface area contributed by atoms with E-state index in [0.29, 0.717) is 0 Å². The van der Waals surface area contributed by atoms with Gasteiger partial charge < -0.3 is 9.67 Å². The van der Waals surface area contributed by atoms with Crippen molar-refractivity contribution in [3.05, 3.63) is 43.8 Å². The highest BCUT2D eigenvalue weighted by atomic mass is 79.9. The molecule has 0 fully saturated rings. The Morgan fingerprint density at radius 1 is 1.45 bits per heavy atom. The molecule has 1 aliphatic carbocycles. The van der Waals surface area contributed by atoms with Crippen LogP contribution in [0.25, 0.3) is 0 Å². The molecule has 2 heterocycles. The maximum Gasteiger partial charge on any atom is 0.0812 e. The number of hydrogen-bond acceptors (Lipinski definition) is 2. The lowest BCUT2D eigenvalue weighted by molar-refractivity contribution is 0.0981. The zero-order valence-corrected chi connectivity index (χ0v) is 14.5. The van der Waals surface area contributed by atoms with Gasteiger partial charge in [0.1, 0.15) is 0 Å². The third-order valence-electron chi connectivity index (χ3n) is 4.14. The Kier molecular flexibility index (Phi) is 3.59. The van der Waals surface area contributed by atoms with E-state index in [2.05, 4.69) is 58.8 Å². The van der Waals surface area contributed by atoms with Crippen molar-refractivity contribution in [2.75, 3.05) is 0 Å². The second kappa shape index (κ2) is 5.00. The van der Waals surface area contributed by atoms with Gasteiger partial charge in [-0.1, -0.05) is 13.8 Å². The molecule has 0 amide bonds. The van der Waals surface area contributed by atoms with Gasteiger partial charge in [-0.25, -0.2) is 0 Å². The summed E-state index contributed by atoms with van der Waals surface area (Å²) in [5, 5.41) is 12.5. The number of aromatic nitrogens is 1. The summed E-state index contributed by atoms with van der Waals surface area (Å²) in [6.45, 7) is 7.53. The van der Waals surface area contributed by atoms with Crippen LogP contribution in [0.5, 0.6) is 0 Å². The minimum atomic E-state index is -0.316. The average Bonchev–Trinajstić information content (AvgIpc) is 2.86. The van der Waals surface area contributed by atoms with E-state index < -0.39 is 0 Å². The summed E-state index contributed by atoms with van der Waals surface area (Å²) in [6, 6.07) is 4.35. The van der Waals surface area contributed by atoms with Crippen LogP contribution in [0.15, 0.2) is 22.0 Å². The second-order valence-electron chi connectivity index (χ2n) is 6.57. The first kappa shape index (κ1) is 14.4. The lowest BCUT2D eigenvalue weighted by Gasteiger charge is -2.34. The SMILES string of the molecule is Cc1cc2c(n1Cc1cc(Br)cs1)CC(C)(C)CC2O. The number of rotatable bonds is 2. The number of aliphatic hydroxyl groups is 1. The topological polar surface area (TPSA) is 25.2 Å². The summed E-state index contributed by atoms with van der Waals surface area (Å²) < 4.78 is 3.52. The Morgan fingerprint density at radius 2 is 2.20 bits per heavy atom. The summed E-state index contributed by atoms with van der Waals surface area (Å²) in [6.07, 6.45) is 1.58. The molecule has 2 aromatic rings. The maximum atomic E-state index is 10.4. The van der Waals surface area contributed by atoms with E-state index in [0.717, 1.165) is 29.4 Å². The molecule has 0 saturated heterocycles. The zero-order chi connectivity index (χ0) is 14.5. The fourth-order valence-electron chi connectivity index (χ4n) is 3.21. The van der Waals surface area contributed by atoms with E-state index in [1.54, 1.807) is 11.3 Å². The molecule has 1 atom stereocenters. The van der Waals surface area contributed by atoms with E-state index in [4.69, 9.17) is 0 Å². The van der Waals surface area contributed by atoms with Gasteiger partial charge in [-0.05, 0) is 53.2 Å². The molecule has 2 aromatic heterocycles. The molecular formula is C16H20BrNOS. The third-order valence-corrected chi connectivity index (χ3v) is 5.82. The Hall–Kier alpha value is -0.580. The van der Waals surface area contributed by atoms with Gasteiger partial charge >= 0.3 is 0 Å². The van der Waals surface area contributed by atoms with Crippen molar-refractivity contribution in [2.24, 2.45) is 5.41 Å². The second-order valence-corrected chi connectivity index (χ2v) is 8.48. The molecule has 0 saturated carbocycles. The standard InChI is InChI=1S/C16H20BrNOS/c1-10-4-13-14(6-16(2,3)7-15(13)19)18(10)8-12-5-11(17)9-20-12/h4-5,9,15,19H,6-8H2,1-3H3. The highest BCUT2D eigenvalue weighted by molar-refractivity contribution is 9.10. The van der Waals surface area contributed by atoms with Crippen LogP contribution in [0, 0.1) is 12.3 Å². The lowest BCUT2D eigenvalue weighted by Crippen LogP contribution is -2.27. The predicted octanol–water partition coefficient (Wildman–Crippen LogP) is 4.67. The number of aliphatic hydroxyl groups excluding tert-OH is 1. The largest absolute Gasteiger partial charge is 0.388 e. The molecule has 3 rings (SSSR count). The lowest BCUT2D eigenvalue weighted by atomic mass is 9.75. The van der Waals surface area contributed by atoms with E-state index in [1.807, 2.05) is 0 Å². The van der Waals surface area contributed by atoms with Gasteiger partial charge in [0.15, 0.2) is 0 Å². The van der Waals surface area contributed by atoms with Gasteiger partial charge in [0.25, 0.3) is 0 Å².